The van der Waals surface area contributed by atoms with E-state index in [1.54, 1.807) is 17.2 Å². The van der Waals surface area contributed by atoms with E-state index in [2.05, 4.69) is 25.6 Å². The second kappa shape index (κ2) is 5.88. The van der Waals surface area contributed by atoms with Crippen molar-refractivity contribution in [3.05, 3.63) is 33.3 Å². The van der Waals surface area contributed by atoms with Crippen LogP contribution in [-0.4, -0.2) is 27.5 Å². The van der Waals surface area contributed by atoms with Gasteiger partial charge in [0.15, 0.2) is 0 Å². The van der Waals surface area contributed by atoms with Gasteiger partial charge in [-0.15, -0.1) is 11.3 Å². The number of halogens is 2. The normalized spacial score (nSPS) is 11.4. The van der Waals surface area contributed by atoms with Crippen LogP contribution in [0.5, 0.6) is 0 Å². The van der Waals surface area contributed by atoms with Crippen LogP contribution in [0, 0.1) is 0 Å². The predicted octanol–water partition coefficient (Wildman–Crippen LogP) is 3.43. The lowest BCUT2D eigenvalue weighted by Crippen LogP contribution is -2.16. The Hall–Kier alpha value is -0.830. The number of nitrogens with zero attached hydrogens (tertiary/aromatic N) is 2. The molecule has 0 spiro atoms. The summed E-state index contributed by atoms with van der Waals surface area (Å²) >= 11 is 10.1. The van der Waals surface area contributed by atoms with E-state index in [1.807, 2.05) is 14.1 Å². The highest BCUT2D eigenvalue weighted by molar-refractivity contribution is 9.11. The highest BCUT2D eigenvalue weighted by atomic mass is 79.9. The highest BCUT2D eigenvalue weighted by Crippen LogP contribution is 2.36. The zero-order valence-electron chi connectivity index (χ0n) is 10.6. The maximum atomic E-state index is 12.3. The third-order valence-corrected chi connectivity index (χ3v) is 6.73. The number of thiophene rings is 1. The SMILES string of the molecule is CN(C)c1ccncc1NS(=O)(=O)c1cc(Cl)c(Br)s1. The number of hydrogen-bond acceptors (Lipinski definition) is 5. The molecule has 0 aliphatic rings. The molecule has 0 atom stereocenters. The van der Waals surface area contributed by atoms with Gasteiger partial charge in [0.25, 0.3) is 10.0 Å². The minimum absolute atomic E-state index is 0.142. The van der Waals surface area contributed by atoms with E-state index < -0.39 is 10.0 Å². The summed E-state index contributed by atoms with van der Waals surface area (Å²) in [5, 5.41) is 0.370. The van der Waals surface area contributed by atoms with Crippen molar-refractivity contribution in [2.24, 2.45) is 0 Å². The molecule has 0 unspecified atom stereocenters. The van der Waals surface area contributed by atoms with Gasteiger partial charge in [-0.25, -0.2) is 8.42 Å². The Morgan fingerprint density at radius 2 is 2.15 bits per heavy atom. The molecule has 108 valence electrons. The van der Waals surface area contributed by atoms with Gasteiger partial charge < -0.3 is 4.90 Å². The molecule has 0 fully saturated rings. The first-order valence-corrected chi connectivity index (χ1v) is 8.87. The van der Waals surface area contributed by atoms with Gasteiger partial charge in [-0.3, -0.25) is 9.71 Å². The lowest BCUT2D eigenvalue weighted by molar-refractivity contribution is 0.603. The zero-order chi connectivity index (χ0) is 14.9. The van der Waals surface area contributed by atoms with Crippen molar-refractivity contribution < 1.29 is 8.42 Å². The number of pyridine rings is 1. The van der Waals surface area contributed by atoms with E-state index in [-0.39, 0.29) is 4.21 Å². The van der Waals surface area contributed by atoms with Crippen LogP contribution < -0.4 is 9.62 Å². The molecule has 0 saturated heterocycles. The molecule has 0 amide bonds. The van der Waals surface area contributed by atoms with Gasteiger partial charge in [0.05, 0.1) is 26.4 Å². The Labute approximate surface area is 134 Å². The summed E-state index contributed by atoms with van der Waals surface area (Å²) < 4.78 is 27.9. The van der Waals surface area contributed by atoms with Crippen molar-refractivity contribution in [3.63, 3.8) is 0 Å². The average Bonchev–Trinajstić information content (AvgIpc) is 2.70. The second-order valence-electron chi connectivity index (χ2n) is 4.08. The Bertz CT molecular complexity index is 712. The first kappa shape index (κ1) is 15.6. The van der Waals surface area contributed by atoms with E-state index >= 15 is 0 Å². The fourth-order valence-electron chi connectivity index (χ4n) is 1.51. The molecule has 2 aromatic heterocycles. The Morgan fingerprint density at radius 3 is 2.70 bits per heavy atom. The van der Waals surface area contributed by atoms with Crippen LogP contribution in [-0.2, 0) is 10.0 Å². The summed E-state index contributed by atoms with van der Waals surface area (Å²) in [6.07, 6.45) is 3.07. The first-order valence-electron chi connectivity index (χ1n) is 5.40. The fraction of sp³-hybridized carbons (Fsp3) is 0.182. The van der Waals surface area contributed by atoms with Gasteiger partial charge in [0.2, 0.25) is 0 Å². The maximum absolute atomic E-state index is 12.3. The van der Waals surface area contributed by atoms with Gasteiger partial charge in [-0.05, 0) is 28.1 Å². The maximum Gasteiger partial charge on any atom is 0.271 e. The standard InChI is InChI=1S/C11H11BrClN3O2S2/c1-16(2)9-3-4-14-6-8(9)15-20(17,18)10-5-7(13)11(12)19-10/h3-6,15H,1-2H3. The van der Waals surface area contributed by atoms with E-state index in [0.29, 0.717) is 14.5 Å². The molecular weight excluding hydrogens is 386 g/mol. The molecule has 0 aromatic carbocycles. The van der Waals surface area contributed by atoms with Gasteiger partial charge in [0.1, 0.15) is 4.21 Å². The molecule has 2 heterocycles. The molecule has 0 bridgehead atoms. The summed E-state index contributed by atoms with van der Waals surface area (Å²) in [4.78, 5) is 5.75. The monoisotopic (exact) mass is 395 g/mol. The van der Waals surface area contributed by atoms with Crippen LogP contribution in [0.1, 0.15) is 0 Å². The number of anilines is 2. The Morgan fingerprint density at radius 1 is 1.45 bits per heavy atom. The predicted molar refractivity (Wildman–Crippen MR) is 86.4 cm³/mol. The molecule has 5 nitrogen and oxygen atoms in total. The lowest BCUT2D eigenvalue weighted by Gasteiger charge is -2.17. The molecule has 0 aliphatic carbocycles. The number of hydrogen-bond donors (Lipinski definition) is 1. The first-order chi connectivity index (χ1) is 9.31. The van der Waals surface area contributed by atoms with Gasteiger partial charge in [0, 0.05) is 20.3 Å². The van der Waals surface area contributed by atoms with Crippen molar-refractivity contribution in [1.29, 1.82) is 0 Å². The van der Waals surface area contributed by atoms with Gasteiger partial charge in [-0.2, -0.15) is 0 Å². The zero-order valence-corrected chi connectivity index (χ0v) is 14.6. The van der Waals surface area contributed by atoms with E-state index in [0.717, 1.165) is 17.0 Å². The van der Waals surface area contributed by atoms with Crippen molar-refractivity contribution >= 4 is 60.3 Å². The van der Waals surface area contributed by atoms with Crippen LogP contribution >= 0.6 is 38.9 Å². The molecular formula is C11H11BrClN3O2S2. The number of aromatic nitrogens is 1. The quantitative estimate of drug-likeness (QED) is 0.860. The molecule has 0 aliphatic heterocycles. The highest BCUT2D eigenvalue weighted by Gasteiger charge is 2.20. The molecule has 20 heavy (non-hydrogen) atoms. The summed E-state index contributed by atoms with van der Waals surface area (Å²) in [5.41, 5.74) is 1.14. The van der Waals surface area contributed by atoms with Crippen LogP contribution in [0.25, 0.3) is 0 Å². The van der Waals surface area contributed by atoms with Gasteiger partial charge in [-0.1, -0.05) is 11.6 Å². The van der Waals surface area contributed by atoms with Crippen molar-refractivity contribution in [2.75, 3.05) is 23.7 Å². The molecule has 0 radical (unpaired) electrons. The number of rotatable bonds is 4. The van der Waals surface area contributed by atoms with Crippen LogP contribution in [0.4, 0.5) is 11.4 Å². The van der Waals surface area contributed by atoms with E-state index in [1.165, 1.54) is 12.3 Å². The molecule has 0 saturated carbocycles. The lowest BCUT2D eigenvalue weighted by atomic mass is 10.3. The minimum Gasteiger partial charge on any atom is -0.376 e. The Balaban J connectivity index is 2.38. The second-order valence-corrected chi connectivity index (χ2v) is 8.77. The molecule has 9 heteroatoms. The fourth-order valence-corrected chi connectivity index (χ4v) is 4.97. The average molecular weight is 397 g/mol. The molecule has 2 rings (SSSR count). The molecule has 1 N–H and O–H groups in total. The number of nitrogens with one attached hydrogen (secondary N) is 1. The number of sulfonamides is 1. The summed E-state index contributed by atoms with van der Waals surface area (Å²) in [6, 6.07) is 3.14. The molecule has 2 aromatic rings. The third kappa shape index (κ3) is 3.25. The van der Waals surface area contributed by atoms with Crippen molar-refractivity contribution in [3.8, 4) is 0 Å². The summed E-state index contributed by atoms with van der Waals surface area (Å²) in [6.45, 7) is 0. The van der Waals surface area contributed by atoms with Crippen LogP contribution in [0.2, 0.25) is 5.02 Å². The largest absolute Gasteiger partial charge is 0.376 e. The van der Waals surface area contributed by atoms with E-state index in [4.69, 9.17) is 11.6 Å². The third-order valence-electron chi connectivity index (χ3n) is 2.41. The summed E-state index contributed by atoms with van der Waals surface area (Å²) in [7, 11) is -0.0334. The van der Waals surface area contributed by atoms with Gasteiger partial charge >= 0.3 is 0 Å². The van der Waals surface area contributed by atoms with Crippen molar-refractivity contribution in [1.82, 2.24) is 4.98 Å². The van der Waals surface area contributed by atoms with Crippen LogP contribution in [0.15, 0.2) is 32.5 Å². The van der Waals surface area contributed by atoms with Crippen molar-refractivity contribution in [2.45, 2.75) is 4.21 Å². The van der Waals surface area contributed by atoms with Crippen LogP contribution in [0.3, 0.4) is 0 Å². The summed E-state index contributed by atoms with van der Waals surface area (Å²) in [5.74, 6) is 0. The smallest absolute Gasteiger partial charge is 0.271 e. The minimum atomic E-state index is -3.68. The topological polar surface area (TPSA) is 62.3 Å². The Kier molecular flexibility index (Phi) is 4.58. The van der Waals surface area contributed by atoms with E-state index in [9.17, 15) is 8.42 Å².